The van der Waals surface area contributed by atoms with Gasteiger partial charge in [-0.2, -0.15) is 9.97 Å². The number of nitrogen functional groups attached to an aromatic ring is 1. The third kappa shape index (κ3) is 1.79. The summed E-state index contributed by atoms with van der Waals surface area (Å²) < 4.78 is 1.61. The van der Waals surface area contributed by atoms with Gasteiger partial charge in [-0.05, 0) is 12.8 Å². The average Bonchev–Trinajstić information content (AvgIpc) is 2.73. The lowest BCUT2D eigenvalue weighted by atomic mass is 9.93. The predicted octanol–water partition coefficient (Wildman–Crippen LogP) is 0.933. The van der Waals surface area contributed by atoms with E-state index in [0.29, 0.717) is 11.2 Å². The Hall–Kier alpha value is -1.47. The summed E-state index contributed by atoms with van der Waals surface area (Å²) in [4.78, 5) is 7.95. The van der Waals surface area contributed by atoms with Crippen LogP contribution in [-0.4, -0.2) is 36.2 Å². The third-order valence-electron chi connectivity index (χ3n) is 3.31. The first kappa shape index (κ1) is 11.6. The Morgan fingerprint density at radius 3 is 2.83 bits per heavy atom. The maximum atomic E-state index is 10.0. The van der Waals surface area contributed by atoms with E-state index in [1.54, 1.807) is 4.68 Å². The van der Waals surface area contributed by atoms with E-state index in [2.05, 4.69) is 20.3 Å². The van der Waals surface area contributed by atoms with Gasteiger partial charge in [-0.15, -0.1) is 5.10 Å². The van der Waals surface area contributed by atoms with Crippen molar-refractivity contribution in [2.75, 3.05) is 5.73 Å². The van der Waals surface area contributed by atoms with Crippen molar-refractivity contribution in [3.63, 3.8) is 0 Å². The molecule has 0 aromatic carbocycles. The van der Waals surface area contributed by atoms with Gasteiger partial charge in [0.25, 0.3) is 0 Å². The number of aliphatic hydroxyl groups excluding tert-OH is 1. The van der Waals surface area contributed by atoms with Gasteiger partial charge in [-0.25, -0.2) is 4.68 Å². The van der Waals surface area contributed by atoms with Crippen molar-refractivity contribution < 1.29 is 5.11 Å². The average molecular weight is 269 g/mol. The van der Waals surface area contributed by atoms with Crippen molar-refractivity contribution in [3.05, 3.63) is 5.15 Å². The summed E-state index contributed by atoms with van der Waals surface area (Å²) in [5.41, 5.74) is 6.48. The summed E-state index contributed by atoms with van der Waals surface area (Å²) >= 11 is 5.94. The number of fused-ring (bicyclic) bond motifs is 1. The fraction of sp³-hybridized carbons (Fsp3) is 0.600. The lowest BCUT2D eigenvalue weighted by Gasteiger charge is -2.27. The number of aromatic nitrogens is 5. The van der Waals surface area contributed by atoms with Gasteiger partial charge in [0.05, 0.1) is 12.1 Å². The second-order valence-corrected chi connectivity index (χ2v) is 4.86. The molecule has 7 nitrogen and oxygen atoms in total. The highest BCUT2D eigenvalue weighted by molar-refractivity contribution is 6.33. The number of anilines is 1. The van der Waals surface area contributed by atoms with Crippen LogP contribution in [0.25, 0.3) is 11.2 Å². The van der Waals surface area contributed by atoms with Gasteiger partial charge < -0.3 is 10.8 Å². The summed E-state index contributed by atoms with van der Waals surface area (Å²) in [6.45, 7) is 0. The van der Waals surface area contributed by atoms with Crippen LogP contribution in [0.5, 0.6) is 0 Å². The molecule has 2 aromatic heterocycles. The van der Waals surface area contributed by atoms with E-state index < -0.39 is 6.10 Å². The molecular formula is C10H13ClN6O. The SMILES string of the molecule is Nc1nc(Cl)c2nnn([C@H]3CCCC[C@H]3O)c2n1. The van der Waals surface area contributed by atoms with Crippen LogP contribution in [0.4, 0.5) is 5.95 Å². The molecule has 1 saturated carbocycles. The Balaban J connectivity index is 2.11. The Kier molecular flexibility index (Phi) is 2.79. The quantitative estimate of drug-likeness (QED) is 0.746. The molecule has 3 rings (SSSR count). The fourth-order valence-corrected chi connectivity index (χ4v) is 2.62. The Labute approximate surface area is 108 Å². The Morgan fingerprint density at radius 2 is 2.06 bits per heavy atom. The van der Waals surface area contributed by atoms with Crippen molar-refractivity contribution >= 4 is 28.7 Å². The summed E-state index contributed by atoms with van der Waals surface area (Å²) in [5, 5.41) is 18.2. The number of nitrogens with zero attached hydrogens (tertiary/aromatic N) is 5. The smallest absolute Gasteiger partial charge is 0.223 e. The van der Waals surface area contributed by atoms with Gasteiger partial charge in [0.2, 0.25) is 5.95 Å². The summed E-state index contributed by atoms with van der Waals surface area (Å²) in [5.74, 6) is 0.0846. The first-order valence-corrected chi connectivity index (χ1v) is 6.26. The molecule has 0 spiro atoms. The molecule has 0 radical (unpaired) electrons. The first-order valence-electron chi connectivity index (χ1n) is 5.89. The van der Waals surface area contributed by atoms with E-state index in [1.807, 2.05) is 0 Å². The first-order chi connectivity index (χ1) is 8.66. The second kappa shape index (κ2) is 4.33. The normalized spacial score (nSPS) is 24.6. The van der Waals surface area contributed by atoms with Crippen LogP contribution in [0.1, 0.15) is 31.7 Å². The van der Waals surface area contributed by atoms with Gasteiger partial charge in [-0.1, -0.05) is 29.7 Å². The molecule has 3 N–H and O–H groups in total. The van der Waals surface area contributed by atoms with Crippen molar-refractivity contribution in [2.24, 2.45) is 0 Å². The van der Waals surface area contributed by atoms with E-state index in [1.165, 1.54) is 0 Å². The molecule has 96 valence electrons. The van der Waals surface area contributed by atoms with Crippen LogP contribution in [0.3, 0.4) is 0 Å². The Morgan fingerprint density at radius 1 is 1.28 bits per heavy atom. The standard InChI is InChI=1S/C10H13ClN6O/c11-8-7-9(14-10(12)13-8)17(16-15-7)5-3-1-2-4-6(5)18/h5-6,18H,1-4H2,(H2,12,13,14)/t5-,6+/m0/s1. The second-order valence-electron chi connectivity index (χ2n) is 4.50. The van der Waals surface area contributed by atoms with E-state index in [9.17, 15) is 5.11 Å². The van der Waals surface area contributed by atoms with E-state index in [-0.39, 0.29) is 17.1 Å². The molecule has 0 saturated heterocycles. The minimum Gasteiger partial charge on any atom is -0.391 e. The monoisotopic (exact) mass is 268 g/mol. The summed E-state index contributed by atoms with van der Waals surface area (Å²) in [6.07, 6.45) is 3.26. The highest BCUT2D eigenvalue weighted by Crippen LogP contribution is 2.30. The molecule has 1 aliphatic carbocycles. The summed E-state index contributed by atoms with van der Waals surface area (Å²) in [7, 11) is 0. The number of halogens is 1. The van der Waals surface area contributed by atoms with Gasteiger partial charge >= 0.3 is 0 Å². The molecule has 0 amide bonds. The number of rotatable bonds is 1. The molecule has 1 aliphatic rings. The molecule has 2 heterocycles. The highest BCUT2D eigenvalue weighted by atomic mass is 35.5. The molecule has 2 atom stereocenters. The van der Waals surface area contributed by atoms with E-state index >= 15 is 0 Å². The Bertz CT molecular complexity index is 585. The van der Waals surface area contributed by atoms with Crippen LogP contribution in [0, 0.1) is 0 Å². The maximum Gasteiger partial charge on any atom is 0.223 e. The zero-order chi connectivity index (χ0) is 12.7. The molecule has 18 heavy (non-hydrogen) atoms. The number of hydrogen-bond donors (Lipinski definition) is 2. The lowest BCUT2D eigenvalue weighted by molar-refractivity contribution is 0.0703. The highest BCUT2D eigenvalue weighted by Gasteiger charge is 2.28. The van der Waals surface area contributed by atoms with Crippen molar-refractivity contribution in [3.8, 4) is 0 Å². The minimum atomic E-state index is -0.432. The van der Waals surface area contributed by atoms with Crippen molar-refractivity contribution in [1.29, 1.82) is 0 Å². The van der Waals surface area contributed by atoms with Crippen molar-refractivity contribution in [1.82, 2.24) is 25.0 Å². The van der Waals surface area contributed by atoms with Crippen LogP contribution in [0.2, 0.25) is 5.15 Å². The van der Waals surface area contributed by atoms with Gasteiger partial charge in [0.1, 0.15) is 0 Å². The molecule has 0 aliphatic heterocycles. The number of aliphatic hydroxyl groups is 1. The summed E-state index contributed by atoms with van der Waals surface area (Å²) in [6, 6.07) is -0.117. The zero-order valence-electron chi connectivity index (χ0n) is 9.62. The van der Waals surface area contributed by atoms with Crippen LogP contribution in [-0.2, 0) is 0 Å². The zero-order valence-corrected chi connectivity index (χ0v) is 10.4. The minimum absolute atomic E-state index is 0.0846. The predicted molar refractivity (Wildman–Crippen MR) is 66.1 cm³/mol. The van der Waals surface area contributed by atoms with Gasteiger partial charge in [-0.3, -0.25) is 0 Å². The lowest BCUT2D eigenvalue weighted by Crippen LogP contribution is -2.28. The van der Waals surface area contributed by atoms with Gasteiger partial charge in [0, 0.05) is 0 Å². The number of hydrogen-bond acceptors (Lipinski definition) is 6. The molecular weight excluding hydrogens is 256 g/mol. The van der Waals surface area contributed by atoms with Crippen LogP contribution < -0.4 is 5.73 Å². The molecule has 0 unspecified atom stereocenters. The topological polar surface area (TPSA) is 103 Å². The largest absolute Gasteiger partial charge is 0.391 e. The van der Waals surface area contributed by atoms with Gasteiger partial charge in [0.15, 0.2) is 16.3 Å². The fourth-order valence-electron chi connectivity index (χ4n) is 2.41. The third-order valence-corrected chi connectivity index (χ3v) is 3.57. The molecule has 2 aromatic rings. The molecule has 8 heteroatoms. The molecule has 1 fully saturated rings. The number of nitrogens with two attached hydrogens (primary N) is 1. The van der Waals surface area contributed by atoms with E-state index in [4.69, 9.17) is 17.3 Å². The van der Waals surface area contributed by atoms with Crippen LogP contribution in [0.15, 0.2) is 0 Å². The maximum absolute atomic E-state index is 10.0. The molecule has 0 bridgehead atoms. The van der Waals surface area contributed by atoms with Crippen LogP contribution >= 0.6 is 11.6 Å². The van der Waals surface area contributed by atoms with Crippen molar-refractivity contribution in [2.45, 2.75) is 37.8 Å². The van der Waals surface area contributed by atoms with E-state index in [0.717, 1.165) is 25.7 Å².